The van der Waals surface area contributed by atoms with Gasteiger partial charge in [-0.3, -0.25) is 0 Å². The van der Waals surface area contributed by atoms with E-state index in [9.17, 15) is 5.11 Å². The van der Waals surface area contributed by atoms with Gasteiger partial charge in [0, 0.05) is 4.90 Å². The number of benzene rings is 1. The Balaban J connectivity index is 2.73. The molecule has 1 aromatic carbocycles. The predicted molar refractivity (Wildman–Crippen MR) is 89.9 cm³/mol. The largest absolute Gasteiger partial charge is 0.507 e. The monoisotopic (exact) mass is 296 g/mol. The Hall–Kier alpha value is -0.413. The number of aromatic hydroxyl groups is 1. The van der Waals surface area contributed by atoms with E-state index in [2.05, 4.69) is 20.8 Å². The summed E-state index contributed by atoms with van der Waals surface area (Å²) in [7, 11) is -1.15. The van der Waals surface area contributed by atoms with Crippen molar-refractivity contribution in [1.82, 2.24) is 0 Å². The second-order valence-electron chi connectivity index (χ2n) is 5.51. The average molecular weight is 297 g/mol. The van der Waals surface area contributed by atoms with Gasteiger partial charge in [0.05, 0.1) is 8.07 Å². The van der Waals surface area contributed by atoms with Gasteiger partial charge in [0.1, 0.15) is 5.75 Å². The van der Waals surface area contributed by atoms with Crippen LogP contribution in [0.25, 0.3) is 0 Å². The van der Waals surface area contributed by atoms with Crippen LogP contribution in [0.3, 0.4) is 0 Å². The molecule has 0 aliphatic rings. The summed E-state index contributed by atoms with van der Waals surface area (Å²) in [6.07, 6.45) is 3.94. The Morgan fingerprint density at radius 1 is 0.947 bits per heavy atom. The lowest BCUT2D eigenvalue weighted by molar-refractivity contribution is 0.462. The number of phenolic OH excluding ortho intramolecular Hbond substituents is 1. The topological polar surface area (TPSA) is 20.2 Å². The molecule has 0 saturated heterocycles. The Labute approximate surface area is 123 Å². The van der Waals surface area contributed by atoms with E-state index in [4.69, 9.17) is 0 Å². The van der Waals surface area contributed by atoms with E-state index in [0.29, 0.717) is 5.75 Å². The second-order valence-corrected chi connectivity index (χ2v) is 11.9. The Morgan fingerprint density at radius 2 is 1.47 bits per heavy atom. The van der Waals surface area contributed by atoms with Crippen molar-refractivity contribution in [1.29, 1.82) is 0 Å². The molecule has 0 amide bonds. The third-order valence-corrected chi connectivity index (χ3v) is 12.1. The van der Waals surface area contributed by atoms with Crippen LogP contribution in [0, 0.1) is 0 Å². The molecular weight excluding hydrogens is 268 g/mol. The lowest BCUT2D eigenvalue weighted by Crippen LogP contribution is -2.37. The van der Waals surface area contributed by atoms with Gasteiger partial charge >= 0.3 is 0 Å². The number of hydrogen-bond acceptors (Lipinski definition) is 2. The van der Waals surface area contributed by atoms with Crippen molar-refractivity contribution >= 4 is 19.8 Å². The Kier molecular flexibility index (Phi) is 7.62. The van der Waals surface area contributed by atoms with Crippen LogP contribution in [0.5, 0.6) is 5.75 Å². The molecule has 108 valence electrons. The first-order valence-corrected chi connectivity index (χ1v) is 11.4. The summed E-state index contributed by atoms with van der Waals surface area (Å²) in [4.78, 5) is 1.06. The van der Waals surface area contributed by atoms with Crippen LogP contribution in [0.2, 0.25) is 18.1 Å². The first-order valence-electron chi connectivity index (χ1n) is 7.58. The van der Waals surface area contributed by atoms with E-state index in [-0.39, 0.29) is 0 Å². The van der Waals surface area contributed by atoms with Crippen molar-refractivity contribution in [2.45, 2.75) is 63.1 Å². The molecule has 1 N–H and O–H groups in total. The number of rotatable bonds is 9. The molecule has 19 heavy (non-hydrogen) atoms. The summed E-state index contributed by atoms with van der Waals surface area (Å²) >= 11 is 1.89. The summed E-state index contributed by atoms with van der Waals surface area (Å²) in [6, 6.07) is 12.1. The Bertz CT molecular complexity index is 351. The zero-order valence-electron chi connectivity index (χ0n) is 12.6. The van der Waals surface area contributed by atoms with E-state index in [1.54, 1.807) is 6.07 Å². The maximum atomic E-state index is 9.89. The molecule has 0 heterocycles. The van der Waals surface area contributed by atoms with E-state index in [1.165, 1.54) is 42.8 Å². The highest BCUT2D eigenvalue weighted by atomic mass is 32.2. The molecule has 0 aliphatic heterocycles. The molecular formula is C16H28OSSi. The minimum absolute atomic E-state index is 0.444. The SMILES string of the molecule is CCC[Si](CCC)(CCC)CSc1ccccc1O. The number of thioether (sulfide) groups is 1. The van der Waals surface area contributed by atoms with Gasteiger partial charge in [-0.15, -0.1) is 11.8 Å². The van der Waals surface area contributed by atoms with Crippen molar-refractivity contribution in [3.05, 3.63) is 24.3 Å². The molecule has 1 rings (SSSR count). The Morgan fingerprint density at radius 3 is 1.95 bits per heavy atom. The highest BCUT2D eigenvalue weighted by Crippen LogP contribution is 2.35. The van der Waals surface area contributed by atoms with Gasteiger partial charge in [-0.2, -0.15) is 0 Å². The fourth-order valence-electron chi connectivity index (χ4n) is 2.99. The maximum Gasteiger partial charge on any atom is 0.129 e. The van der Waals surface area contributed by atoms with E-state index in [0.717, 1.165) is 4.90 Å². The quantitative estimate of drug-likeness (QED) is 0.466. The van der Waals surface area contributed by atoms with Crippen LogP contribution < -0.4 is 0 Å². The van der Waals surface area contributed by atoms with Crippen LogP contribution >= 0.6 is 11.8 Å². The molecule has 0 aliphatic carbocycles. The molecule has 0 bridgehead atoms. The van der Waals surface area contributed by atoms with E-state index >= 15 is 0 Å². The number of phenols is 1. The highest BCUT2D eigenvalue weighted by Gasteiger charge is 2.30. The second kappa shape index (κ2) is 8.70. The number of para-hydroxylation sites is 1. The summed E-state index contributed by atoms with van der Waals surface area (Å²) in [5.74, 6) is 0.444. The molecule has 0 atom stereocenters. The summed E-state index contributed by atoms with van der Waals surface area (Å²) in [5.41, 5.74) is 0. The molecule has 0 fully saturated rings. The first kappa shape index (κ1) is 16.6. The number of hydrogen-bond donors (Lipinski definition) is 1. The van der Waals surface area contributed by atoms with Crippen molar-refractivity contribution in [2.75, 3.05) is 5.38 Å². The van der Waals surface area contributed by atoms with Crippen LogP contribution in [-0.2, 0) is 0 Å². The summed E-state index contributed by atoms with van der Waals surface area (Å²) in [5, 5.41) is 11.2. The molecule has 0 saturated carbocycles. The lowest BCUT2D eigenvalue weighted by Gasteiger charge is -2.31. The van der Waals surface area contributed by atoms with Crippen molar-refractivity contribution in [3.8, 4) is 5.75 Å². The summed E-state index contributed by atoms with van der Waals surface area (Å²) in [6.45, 7) is 6.95. The first-order chi connectivity index (χ1) is 9.17. The minimum Gasteiger partial charge on any atom is -0.507 e. The van der Waals surface area contributed by atoms with Crippen molar-refractivity contribution in [2.24, 2.45) is 0 Å². The third-order valence-electron chi connectivity index (χ3n) is 3.74. The van der Waals surface area contributed by atoms with Gasteiger partial charge in [-0.1, -0.05) is 70.3 Å². The van der Waals surface area contributed by atoms with Crippen molar-refractivity contribution in [3.63, 3.8) is 0 Å². The van der Waals surface area contributed by atoms with Crippen LogP contribution in [0.4, 0.5) is 0 Å². The van der Waals surface area contributed by atoms with Gasteiger partial charge in [0.2, 0.25) is 0 Å². The van der Waals surface area contributed by atoms with Gasteiger partial charge in [-0.25, -0.2) is 0 Å². The lowest BCUT2D eigenvalue weighted by atomic mass is 10.3. The van der Waals surface area contributed by atoms with E-state index < -0.39 is 8.07 Å². The molecule has 0 radical (unpaired) electrons. The maximum absolute atomic E-state index is 9.89. The summed E-state index contributed by atoms with van der Waals surface area (Å²) < 4.78 is 0. The molecule has 0 spiro atoms. The van der Waals surface area contributed by atoms with Gasteiger partial charge < -0.3 is 5.11 Å². The zero-order chi connectivity index (χ0) is 14.1. The van der Waals surface area contributed by atoms with Gasteiger partial charge in [-0.05, 0) is 17.5 Å². The molecule has 0 aromatic heterocycles. The molecule has 1 nitrogen and oxygen atoms in total. The predicted octanol–water partition coefficient (Wildman–Crippen LogP) is 5.70. The molecule has 0 unspecified atom stereocenters. The normalized spacial score (nSPS) is 11.7. The van der Waals surface area contributed by atoms with Crippen LogP contribution in [0.15, 0.2) is 29.2 Å². The third kappa shape index (κ3) is 5.23. The smallest absolute Gasteiger partial charge is 0.129 e. The highest BCUT2D eigenvalue weighted by molar-refractivity contribution is 8.01. The van der Waals surface area contributed by atoms with Crippen LogP contribution in [-0.4, -0.2) is 18.6 Å². The van der Waals surface area contributed by atoms with Gasteiger partial charge in [0.25, 0.3) is 0 Å². The fourth-order valence-corrected chi connectivity index (χ4v) is 10.9. The zero-order valence-corrected chi connectivity index (χ0v) is 14.4. The fraction of sp³-hybridized carbons (Fsp3) is 0.625. The van der Waals surface area contributed by atoms with Gasteiger partial charge in [0.15, 0.2) is 0 Å². The van der Waals surface area contributed by atoms with Crippen LogP contribution in [0.1, 0.15) is 40.0 Å². The molecule has 3 heteroatoms. The minimum atomic E-state index is -1.15. The van der Waals surface area contributed by atoms with Crippen molar-refractivity contribution < 1.29 is 5.11 Å². The molecule has 1 aromatic rings. The average Bonchev–Trinajstić information content (AvgIpc) is 2.39. The standard InChI is InChI=1S/C16H28OSSi/c1-4-11-19(12-5-2,13-6-3)14-18-16-10-8-7-9-15(16)17/h7-10,17H,4-6,11-14H2,1-3H3. The van der Waals surface area contributed by atoms with E-state index in [1.807, 2.05) is 30.0 Å².